The largest absolute Gasteiger partial charge is 0.468 e. The first-order chi connectivity index (χ1) is 14.0. The van der Waals surface area contributed by atoms with Gasteiger partial charge in [-0.05, 0) is 57.8 Å². The van der Waals surface area contributed by atoms with Gasteiger partial charge >= 0.3 is 0 Å². The number of hydrogen-bond donors (Lipinski definition) is 2. The summed E-state index contributed by atoms with van der Waals surface area (Å²) in [7, 11) is -3.24. The smallest absolute Gasteiger partial charge is 0.191 e. The summed E-state index contributed by atoms with van der Waals surface area (Å²) in [5.74, 6) is 1.57. The number of furan rings is 1. The lowest BCUT2D eigenvalue weighted by molar-refractivity contribution is 0.0768. The maximum absolute atomic E-state index is 12.5. The molecule has 3 heterocycles. The van der Waals surface area contributed by atoms with Gasteiger partial charge in [0.1, 0.15) is 5.76 Å². The highest BCUT2D eigenvalue weighted by Gasteiger charge is 2.42. The van der Waals surface area contributed by atoms with E-state index < -0.39 is 14.6 Å². The summed E-state index contributed by atoms with van der Waals surface area (Å²) in [6, 6.07) is 4.05. The number of rotatable bonds is 8. The van der Waals surface area contributed by atoms with Crippen molar-refractivity contribution in [2.75, 3.05) is 52.2 Å². The number of likely N-dealkylation sites (tertiary alicyclic amines) is 1. The van der Waals surface area contributed by atoms with E-state index in [2.05, 4.69) is 20.5 Å². The fraction of sp³-hybridized carbons (Fsp3) is 0.750. The average molecular weight is 427 g/mol. The van der Waals surface area contributed by atoms with Crippen molar-refractivity contribution in [1.29, 1.82) is 0 Å². The molecule has 1 aromatic heterocycles. The summed E-state index contributed by atoms with van der Waals surface area (Å²) in [5.41, 5.74) is 0. The molecule has 2 N–H and O–H groups in total. The molecule has 0 aliphatic carbocycles. The number of sulfone groups is 1. The number of nitrogens with one attached hydrogen (secondary N) is 2. The minimum Gasteiger partial charge on any atom is -0.468 e. The van der Waals surface area contributed by atoms with Crippen molar-refractivity contribution >= 4 is 15.8 Å². The van der Waals surface area contributed by atoms with E-state index >= 15 is 0 Å². The Morgan fingerprint density at radius 3 is 2.59 bits per heavy atom. The van der Waals surface area contributed by atoms with Crippen molar-refractivity contribution in [2.45, 2.75) is 43.4 Å². The molecule has 1 unspecified atom stereocenters. The summed E-state index contributed by atoms with van der Waals surface area (Å²) in [5, 5.41) is 6.65. The Hall–Kier alpha value is -1.58. The van der Waals surface area contributed by atoms with Crippen LogP contribution in [0, 0.1) is 0 Å². The third kappa shape index (κ3) is 5.52. The molecule has 2 aliphatic heterocycles. The zero-order valence-electron chi connectivity index (χ0n) is 17.5. The zero-order valence-corrected chi connectivity index (χ0v) is 18.3. The van der Waals surface area contributed by atoms with E-state index in [1.54, 1.807) is 6.26 Å². The third-order valence-corrected chi connectivity index (χ3v) is 8.09. The van der Waals surface area contributed by atoms with Crippen molar-refractivity contribution in [1.82, 2.24) is 15.5 Å². The topological polar surface area (TPSA) is 96.2 Å². The highest BCUT2D eigenvalue weighted by molar-refractivity contribution is 7.92. The lowest BCUT2D eigenvalue weighted by atomic mass is 9.99. The van der Waals surface area contributed by atoms with E-state index in [-0.39, 0.29) is 12.6 Å². The van der Waals surface area contributed by atoms with Gasteiger partial charge in [0.05, 0.1) is 23.6 Å². The van der Waals surface area contributed by atoms with Gasteiger partial charge in [0.25, 0.3) is 0 Å². The number of hydrogen-bond acceptors (Lipinski definition) is 6. The molecule has 0 saturated carbocycles. The first-order valence-electron chi connectivity index (χ1n) is 10.5. The van der Waals surface area contributed by atoms with E-state index in [0.29, 0.717) is 45.1 Å². The van der Waals surface area contributed by atoms with Gasteiger partial charge in [0.2, 0.25) is 0 Å². The molecule has 8 nitrogen and oxygen atoms in total. The second kappa shape index (κ2) is 9.95. The minimum atomic E-state index is -3.24. The average Bonchev–Trinajstić information content (AvgIpc) is 3.41. The van der Waals surface area contributed by atoms with Gasteiger partial charge in [0.15, 0.2) is 15.8 Å². The second-order valence-corrected chi connectivity index (χ2v) is 10.3. The Morgan fingerprint density at radius 1 is 1.28 bits per heavy atom. The fourth-order valence-corrected chi connectivity index (χ4v) is 5.30. The lowest BCUT2D eigenvalue weighted by Crippen LogP contribution is -2.48. The van der Waals surface area contributed by atoms with Gasteiger partial charge in [-0.25, -0.2) is 8.42 Å². The van der Waals surface area contributed by atoms with Gasteiger partial charge < -0.3 is 19.8 Å². The standard InChI is InChI=1S/C20H34N4O4S/c1-3-21-19(23-16-20(29(2,25)26)8-13-27-14-9-20)22-15-17(18-7-6-12-28-18)24-10-4-5-11-24/h6-7,12,17H,3-5,8-11,13-16H2,1-2H3,(H2,21,22,23). The first-order valence-corrected chi connectivity index (χ1v) is 12.4. The number of aliphatic imine (C=N–C) groups is 1. The van der Waals surface area contributed by atoms with Crippen LogP contribution in [0.3, 0.4) is 0 Å². The van der Waals surface area contributed by atoms with Crippen LogP contribution in [0.15, 0.2) is 27.8 Å². The van der Waals surface area contributed by atoms with Gasteiger partial charge in [-0.15, -0.1) is 0 Å². The van der Waals surface area contributed by atoms with Gasteiger partial charge in [0, 0.05) is 32.6 Å². The Balaban J connectivity index is 1.71. The van der Waals surface area contributed by atoms with Crippen molar-refractivity contribution < 1.29 is 17.6 Å². The molecule has 0 aromatic carbocycles. The van der Waals surface area contributed by atoms with Crippen molar-refractivity contribution in [2.24, 2.45) is 4.99 Å². The molecule has 1 atom stereocenters. The predicted molar refractivity (Wildman–Crippen MR) is 114 cm³/mol. The Bertz CT molecular complexity index is 751. The van der Waals surface area contributed by atoms with Crippen LogP contribution in [0.1, 0.15) is 44.4 Å². The molecular weight excluding hydrogens is 392 g/mol. The quantitative estimate of drug-likeness (QED) is 0.481. The van der Waals surface area contributed by atoms with Gasteiger partial charge in [-0.3, -0.25) is 9.89 Å². The lowest BCUT2D eigenvalue weighted by Gasteiger charge is -2.34. The van der Waals surface area contributed by atoms with E-state index in [0.717, 1.165) is 18.8 Å². The summed E-state index contributed by atoms with van der Waals surface area (Å²) >= 11 is 0. The molecule has 0 radical (unpaired) electrons. The summed E-state index contributed by atoms with van der Waals surface area (Å²) in [4.78, 5) is 7.09. The van der Waals surface area contributed by atoms with Crippen LogP contribution in [0.5, 0.6) is 0 Å². The maximum atomic E-state index is 12.5. The molecule has 0 spiro atoms. The monoisotopic (exact) mass is 426 g/mol. The molecular formula is C20H34N4O4S. The van der Waals surface area contributed by atoms with Crippen LogP contribution in [0.25, 0.3) is 0 Å². The zero-order chi connectivity index (χ0) is 20.7. The molecule has 3 rings (SSSR count). The molecule has 29 heavy (non-hydrogen) atoms. The summed E-state index contributed by atoms with van der Waals surface area (Å²) in [6.45, 7) is 6.62. The summed E-state index contributed by atoms with van der Waals surface area (Å²) in [6.07, 6.45) is 6.39. The highest BCUT2D eigenvalue weighted by atomic mass is 32.2. The predicted octanol–water partition coefficient (Wildman–Crippen LogP) is 1.57. The van der Waals surface area contributed by atoms with Crippen LogP contribution in [0.4, 0.5) is 0 Å². The fourth-order valence-electron chi connectivity index (χ4n) is 4.09. The maximum Gasteiger partial charge on any atom is 0.191 e. The summed E-state index contributed by atoms with van der Waals surface area (Å²) < 4.78 is 35.2. The van der Waals surface area contributed by atoms with Crippen LogP contribution in [-0.4, -0.2) is 76.2 Å². The molecule has 164 valence electrons. The molecule has 2 fully saturated rings. The van der Waals surface area contributed by atoms with E-state index in [9.17, 15) is 8.42 Å². The number of nitrogens with zero attached hydrogens (tertiary/aromatic N) is 2. The van der Waals surface area contributed by atoms with Crippen LogP contribution in [-0.2, 0) is 14.6 Å². The SMILES string of the molecule is CCNC(=NCC1(S(C)(=O)=O)CCOCC1)NCC(c1ccco1)N1CCCC1. The highest BCUT2D eigenvalue weighted by Crippen LogP contribution is 2.30. The van der Waals surface area contributed by atoms with Crippen molar-refractivity contribution in [3.05, 3.63) is 24.2 Å². The molecule has 2 saturated heterocycles. The van der Waals surface area contributed by atoms with E-state index in [1.165, 1.54) is 19.1 Å². The van der Waals surface area contributed by atoms with Crippen molar-refractivity contribution in [3.63, 3.8) is 0 Å². The first kappa shape index (κ1) is 22.1. The van der Waals surface area contributed by atoms with Gasteiger partial charge in [-0.2, -0.15) is 0 Å². The molecule has 1 aromatic rings. The number of guanidine groups is 1. The van der Waals surface area contributed by atoms with Crippen LogP contribution < -0.4 is 10.6 Å². The van der Waals surface area contributed by atoms with Crippen LogP contribution >= 0.6 is 0 Å². The third-order valence-electron chi connectivity index (χ3n) is 5.98. The van der Waals surface area contributed by atoms with Gasteiger partial charge in [-0.1, -0.05) is 0 Å². The Morgan fingerprint density at radius 2 is 2.00 bits per heavy atom. The molecule has 0 bridgehead atoms. The minimum absolute atomic E-state index is 0.128. The Labute approximate surface area is 174 Å². The van der Waals surface area contributed by atoms with Crippen molar-refractivity contribution in [3.8, 4) is 0 Å². The van der Waals surface area contributed by atoms with E-state index in [1.807, 2.05) is 19.1 Å². The van der Waals surface area contributed by atoms with E-state index in [4.69, 9.17) is 9.15 Å². The molecule has 0 amide bonds. The molecule has 9 heteroatoms. The molecule has 2 aliphatic rings. The second-order valence-electron chi connectivity index (χ2n) is 7.92. The van der Waals surface area contributed by atoms with Crippen LogP contribution in [0.2, 0.25) is 0 Å². The number of ether oxygens (including phenoxy) is 1. The Kier molecular flexibility index (Phi) is 7.59. The normalized spacial score (nSPS) is 21.8.